The average Bonchev–Trinajstić information content (AvgIpc) is 2.35. The second kappa shape index (κ2) is 5.45. The van der Waals surface area contributed by atoms with Crippen molar-refractivity contribution >= 4 is 17.3 Å². The summed E-state index contributed by atoms with van der Waals surface area (Å²) in [4.78, 5) is 0. The van der Waals surface area contributed by atoms with Crippen LogP contribution >= 0.6 is 11.6 Å². The largest absolute Gasteiger partial charge is 0.503 e. The third kappa shape index (κ3) is 2.96. The van der Waals surface area contributed by atoms with Crippen LogP contribution in [0.15, 0.2) is 30.3 Å². The molecule has 0 aromatic heterocycles. The summed E-state index contributed by atoms with van der Waals surface area (Å²) in [5.74, 6) is -2.92. The molecule has 0 unspecified atom stereocenters. The Labute approximate surface area is 114 Å². The van der Waals surface area contributed by atoms with E-state index in [0.717, 1.165) is 23.4 Å². The third-order valence-corrected chi connectivity index (χ3v) is 3.08. The van der Waals surface area contributed by atoms with E-state index in [2.05, 4.69) is 5.32 Å². The van der Waals surface area contributed by atoms with Crippen LogP contribution in [0.2, 0.25) is 5.02 Å². The number of halogens is 3. The van der Waals surface area contributed by atoms with Crippen LogP contribution in [0.4, 0.5) is 14.5 Å². The molecule has 2 nitrogen and oxygen atoms in total. The molecule has 0 atom stereocenters. The maximum absolute atomic E-state index is 13.2. The Morgan fingerprint density at radius 2 is 1.84 bits per heavy atom. The second-order valence-corrected chi connectivity index (χ2v) is 4.60. The molecule has 0 spiro atoms. The van der Waals surface area contributed by atoms with Gasteiger partial charge in [0.15, 0.2) is 17.4 Å². The Balaban J connectivity index is 2.19. The molecule has 0 aliphatic heterocycles. The molecule has 0 amide bonds. The number of phenols is 1. The average molecular weight is 284 g/mol. The molecule has 2 aromatic rings. The molecule has 19 heavy (non-hydrogen) atoms. The van der Waals surface area contributed by atoms with E-state index >= 15 is 0 Å². The van der Waals surface area contributed by atoms with Crippen molar-refractivity contribution in [2.75, 3.05) is 5.32 Å². The summed E-state index contributed by atoms with van der Waals surface area (Å²) >= 11 is 6.03. The first-order valence-corrected chi connectivity index (χ1v) is 6.02. The minimum absolute atomic E-state index is 0.207. The molecular weight excluding hydrogens is 272 g/mol. The van der Waals surface area contributed by atoms with E-state index in [0.29, 0.717) is 10.6 Å². The molecular formula is C14H12ClF2NO. The highest BCUT2D eigenvalue weighted by Crippen LogP contribution is 2.27. The summed E-state index contributed by atoms with van der Waals surface area (Å²) in [5, 5.41) is 12.6. The Kier molecular flexibility index (Phi) is 3.90. The number of phenolic OH excluding ortho intramolecular Hbond substituents is 1. The van der Waals surface area contributed by atoms with Gasteiger partial charge < -0.3 is 10.4 Å². The van der Waals surface area contributed by atoms with Crippen LogP contribution in [0.25, 0.3) is 0 Å². The van der Waals surface area contributed by atoms with E-state index in [1.54, 1.807) is 6.07 Å². The fraction of sp³-hybridized carbons (Fsp3) is 0.143. The minimum atomic E-state index is -0.979. The van der Waals surface area contributed by atoms with E-state index < -0.39 is 17.4 Å². The van der Waals surface area contributed by atoms with E-state index in [4.69, 9.17) is 16.7 Å². The number of aromatic hydroxyl groups is 1. The van der Waals surface area contributed by atoms with Gasteiger partial charge in [-0.2, -0.15) is 0 Å². The Morgan fingerprint density at radius 3 is 2.42 bits per heavy atom. The number of hydrogen-bond donors (Lipinski definition) is 2. The maximum atomic E-state index is 13.2. The quantitative estimate of drug-likeness (QED) is 0.883. The molecule has 0 aliphatic carbocycles. The predicted molar refractivity (Wildman–Crippen MR) is 71.5 cm³/mol. The molecule has 2 rings (SSSR count). The van der Waals surface area contributed by atoms with Crippen molar-refractivity contribution in [3.05, 3.63) is 58.1 Å². The van der Waals surface area contributed by atoms with Crippen molar-refractivity contribution in [2.24, 2.45) is 0 Å². The van der Waals surface area contributed by atoms with Crippen LogP contribution in [0.3, 0.4) is 0 Å². The number of para-hydroxylation sites is 1. The Morgan fingerprint density at radius 1 is 1.21 bits per heavy atom. The van der Waals surface area contributed by atoms with Gasteiger partial charge in [0.25, 0.3) is 0 Å². The standard InChI is InChI=1S/C14H12ClF2NO/c1-8-3-2-4-10(15)13(8)18-7-9-5-11(16)14(19)12(17)6-9/h2-6,18-19H,7H2,1H3. The van der Waals surface area contributed by atoms with Crippen LogP contribution in [0, 0.1) is 18.6 Å². The first kappa shape index (κ1) is 13.6. The van der Waals surface area contributed by atoms with Gasteiger partial charge in [0, 0.05) is 6.54 Å². The Bertz CT molecular complexity index is 573. The van der Waals surface area contributed by atoms with Crippen LogP contribution in [-0.4, -0.2) is 5.11 Å². The van der Waals surface area contributed by atoms with E-state index in [1.165, 1.54) is 0 Å². The van der Waals surface area contributed by atoms with Crippen molar-refractivity contribution in [3.8, 4) is 5.75 Å². The predicted octanol–water partition coefficient (Wildman–Crippen LogP) is 4.24. The Hall–Kier alpha value is -1.81. The van der Waals surface area contributed by atoms with Gasteiger partial charge in [-0.05, 0) is 36.2 Å². The van der Waals surface area contributed by atoms with Gasteiger partial charge in [0.2, 0.25) is 0 Å². The van der Waals surface area contributed by atoms with E-state index in [-0.39, 0.29) is 6.54 Å². The molecule has 0 bridgehead atoms. The SMILES string of the molecule is Cc1cccc(Cl)c1NCc1cc(F)c(O)c(F)c1. The number of aryl methyl sites for hydroxylation is 1. The van der Waals surface area contributed by atoms with Gasteiger partial charge in [-0.1, -0.05) is 23.7 Å². The molecule has 0 radical (unpaired) electrons. The van der Waals surface area contributed by atoms with Crippen LogP contribution in [-0.2, 0) is 6.54 Å². The van der Waals surface area contributed by atoms with Gasteiger partial charge in [-0.25, -0.2) is 8.78 Å². The summed E-state index contributed by atoms with van der Waals surface area (Å²) in [5.41, 5.74) is 2.04. The molecule has 0 saturated carbocycles. The summed E-state index contributed by atoms with van der Waals surface area (Å²) in [6.07, 6.45) is 0. The molecule has 0 fully saturated rings. The monoisotopic (exact) mass is 283 g/mol. The fourth-order valence-electron chi connectivity index (χ4n) is 1.77. The molecule has 0 saturated heterocycles. The lowest BCUT2D eigenvalue weighted by atomic mass is 10.1. The van der Waals surface area contributed by atoms with Crippen LogP contribution < -0.4 is 5.32 Å². The molecule has 100 valence electrons. The van der Waals surface area contributed by atoms with Crippen molar-refractivity contribution < 1.29 is 13.9 Å². The van der Waals surface area contributed by atoms with E-state index in [9.17, 15) is 8.78 Å². The summed E-state index contributed by atoms with van der Waals surface area (Å²) in [6, 6.07) is 7.60. The lowest BCUT2D eigenvalue weighted by molar-refractivity contribution is 0.395. The zero-order chi connectivity index (χ0) is 14.0. The third-order valence-electron chi connectivity index (χ3n) is 2.77. The van der Waals surface area contributed by atoms with Gasteiger partial charge in [-0.15, -0.1) is 0 Å². The van der Waals surface area contributed by atoms with Crippen molar-refractivity contribution in [1.82, 2.24) is 0 Å². The number of benzene rings is 2. The molecule has 0 aliphatic rings. The highest BCUT2D eigenvalue weighted by Gasteiger charge is 2.10. The molecule has 2 N–H and O–H groups in total. The van der Waals surface area contributed by atoms with Gasteiger partial charge in [0.05, 0.1) is 10.7 Å². The number of rotatable bonds is 3. The number of nitrogens with one attached hydrogen (secondary N) is 1. The second-order valence-electron chi connectivity index (χ2n) is 4.19. The lowest BCUT2D eigenvalue weighted by Gasteiger charge is -2.12. The lowest BCUT2D eigenvalue weighted by Crippen LogP contribution is -2.03. The maximum Gasteiger partial charge on any atom is 0.187 e. The van der Waals surface area contributed by atoms with Crippen molar-refractivity contribution in [1.29, 1.82) is 0 Å². The number of hydrogen-bond acceptors (Lipinski definition) is 2. The van der Waals surface area contributed by atoms with Crippen LogP contribution in [0.1, 0.15) is 11.1 Å². The van der Waals surface area contributed by atoms with E-state index in [1.807, 2.05) is 19.1 Å². The number of anilines is 1. The molecule has 5 heteroatoms. The van der Waals surface area contributed by atoms with Gasteiger partial charge in [0.1, 0.15) is 0 Å². The highest BCUT2D eigenvalue weighted by molar-refractivity contribution is 6.33. The topological polar surface area (TPSA) is 32.3 Å². The zero-order valence-corrected chi connectivity index (χ0v) is 10.9. The smallest absolute Gasteiger partial charge is 0.187 e. The first-order chi connectivity index (χ1) is 8.99. The molecule has 2 aromatic carbocycles. The van der Waals surface area contributed by atoms with Gasteiger partial charge in [-0.3, -0.25) is 0 Å². The van der Waals surface area contributed by atoms with Gasteiger partial charge >= 0.3 is 0 Å². The van der Waals surface area contributed by atoms with Crippen molar-refractivity contribution in [2.45, 2.75) is 13.5 Å². The molecule has 0 heterocycles. The summed E-state index contributed by atoms with van der Waals surface area (Å²) in [7, 11) is 0. The fourth-order valence-corrected chi connectivity index (χ4v) is 2.05. The first-order valence-electron chi connectivity index (χ1n) is 5.65. The normalized spacial score (nSPS) is 10.5. The summed E-state index contributed by atoms with van der Waals surface area (Å²) < 4.78 is 26.4. The minimum Gasteiger partial charge on any atom is -0.503 e. The zero-order valence-electron chi connectivity index (χ0n) is 10.2. The van der Waals surface area contributed by atoms with Crippen molar-refractivity contribution in [3.63, 3.8) is 0 Å². The summed E-state index contributed by atoms with van der Waals surface area (Å²) in [6.45, 7) is 2.09. The van der Waals surface area contributed by atoms with Crippen LogP contribution in [0.5, 0.6) is 5.75 Å². The highest BCUT2D eigenvalue weighted by atomic mass is 35.5.